The SMILES string of the molecule is CCCc1[nH]nc2c1[C@H](c1ccc(O)cc1OCC)C(C#N)=C(N)O2. The van der Waals surface area contributed by atoms with Crippen LogP contribution in [0.5, 0.6) is 17.4 Å². The van der Waals surface area contributed by atoms with Crippen LogP contribution in [0.2, 0.25) is 0 Å². The van der Waals surface area contributed by atoms with Gasteiger partial charge in [0.2, 0.25) is 11.8 Å². The number of aryl methyl sites for hydroxylation is 1. The Morgan fingerprint density at radius 3 is 2.92 bits per heavy atom. The summed E-state index contributed by atoms with van der Waals surface area (Å²) < 4.78 is 11.2. The average molecular weight is 340 g/mol. The maximum Gasteiger partial charge on any atom is 0.244 e. The monoisotopic (exact) mass is 340 g/mol. The minimum atomic E-state index is -0.462. The number of allylic oxidation sites excluding steroid dienone is 1. The number of nitriles is 1. The molecule has 7 heteroatoms. The van der Waals surface area contributed by atoms with E-state index in [0.29, 0.717) is 23.8 Å². The first-order valence-corrected chi connectivity index (χ1v) is 8.21. The first-order valence-electron chi connectivity index (χ1n) is 8.21. The number of aromatic nitrogens is 2. The maximum absolute atomic E-state index is 9.81. The van der Waals surface area contributed by atoms with Crippen molar-refractivity contribution in [3.63, 3.8) is 0 Å². The second-order valence-electron chi connectivity index (χ2n) is 5.75. The molecule has 0 saturated heterocycles. The Hall–Kier alpha value is -3.14. The van der Waals surface area contributed by atoms with Crippen LogP contribution in [-0.4, -0.2) is 21.9 Å². The highest BCUT2D eigenvalue weighted by Gasteiger charge is 2.36. The van der Waals surface area contributed by atoms with E-state index in [0.717, 1.165) is 29.7 Å². The summed E-state index contributed by atoms with van der Waals surface area (Å²) in [5.41, 5.74) is 8.69. The lowest BCUT2D eigenvalue weighted by Crippen LogP contribution is -2.21. The van der Waals surface area contributed by atoms with Crippen molar-refractivity contribution in [3.05, 3.63) is 46.5 Å². The van der Waals surface area contributed by atoms with Gasteiger partial charge in [-0.05, 0) is 19.4 Å². The smallest absolute Gasteiger partial charge is 0.244 e. The molecule has 2 heterocycles. The zero-order valence-electron chi connectivity index (χ0n) is 14.2. The van der Waals surface area contributed by atoms with Gasteiger partial charge in [0.15, 0.2) is 0 Å². The molecule has 130 valence electrons. The minimum Gasteiger partial charge on any atom is -0.508 e. The first kappa shape index (κ1) is 16.7. The van der Waals surface area contributed by atoms with Crippen molar-refractivity contribution in [2.75, 3.05) is 6.61 Å². The molecular weight excluding hydrogens is 320 g/mol. The Morgan fingerprint density at radius 2 is 2.24 bits per heavy atom. The lowest BCUT2D eigenvalue weighted by atomic mass is 9.83. The lowest BCUT2D eigenvalue weighted by molar-refractivity contribution is 0.331. The summed E-state index contributed by atoms with van der Waals surface area (Å²) in [6.45, 7) is 4.35. The van der Waals surface area contributed by atoms with Gasteiger partial charge in [0.25, 0.3) is 0 Å². The molecule has 25 heavy (non-hydrogen) atoms. The number of rotatable bonds is 5. The van der Waals surface area contributed by atoms with Gasteiger partial charge in [-0.15, -0.1) is 5.10 Å². The average Bonchev–Trinajstić information content (AvgIpc) is 2.97. The van der Waals surface area contributed by atoms with Crippen LogP contribution in [0, 0.1) is 11.3 Å². The van der Waals surface area contributed by atoms with Crippen LogP contribution >= 0.6 is 0 Å². The largest absolute Gasteiger partial charge is 0.508 e. The van der Waals surface area contributed by atoms with Gasteiger partial charge in [-0.25, -0.2) is 0 Å². The zero-order chi connectivity index (χ0) is 18.0. The number of ether oxygens (including phenoxy) is 2. The number of nitrogens with zero attached hydrogens (tertiary/aromatic N) is 2. The molecule has 1 atom stereocenters. The molecular formula is C18H20N4O3. The number of phenolic OH excluding ortho intramolecular Hbond substituents is 1. The van der Waals surface area contributed by atoms with Gasteiger partial charge in [0.05, 0.1) is 18.1 Å². The zero-order valence-corrected chi connectivity index (χ0v) is 14.2. The van der Waals surface area contributed by atoms with E-state index in [4.69, 9.17) is 15.2 Å². The number of nitrogens with two attached hydrogens (primary N) is 1. The second kappa shape index (κ2) is 6.77. The summed E-state index contributed by atoms with van der Waals surface area (Å²) in [4.78, 5) is 0. The summed E-state index contributed by atoms with van der Waals surface area (Å²) in [5.74, 6) is 0.544. The molecule has 7 nitrogen and oxygen atoms in total. The maximum atomic E-state index is 9.81. The van der Waals surface area contributed by atoms with E-state index in [1.807, 2.05) is 6.92 Å². The molecule has 1 aromatic heterocycles. The van der Waals surface area contributed by atoms with E-state index in [1.165, 1.54) is 0 Å². The number of phenols is 1. The van der Waals surface area contributed by atoms with Crippen molar-refractivity contribution in [3.8, 4) is 23.4 Å². The molecule has 0 radical (unpaired) electrons. The predicted molar refractivity (Wildman–Crippen MR) is 91.2 cm³/mol. The summed E-state index contributed by atoms with van der Waals surface area (Å²) in [6.07, 6.45) is 1.68. The van der Waals surface area contributed by atoms with Gasteiger partial charge < -0.3 is 20.3 Å². The van der Waals surface area contributed by atoms with Gasteiger partial charge in [0, 0.05) is 17.3 Å². The van der Waals surface area contributed by atoms with Crippen LogP contribution in [0.25, 0.3) is 0 Å². The van der Waals surface area contributed by atoms with Crippen molar-refractivity contribution in [2.45, 2.75) is 32.6 Å². The third kappa shape index (κ3) is 2.87. The summed E-state index contributed by atoms with van der Waals surface area (Å²) in [6, 6.07) is 7.01. The molecule has 2 aromatic rings. The first-order chi connectivity index (χ1) is 12.1. The Bertz CT molecular complexity index is 864. The number of hydrogen-bond donors (Lipinski definition) is 3. The molecule has 1 aromatic carbocycles. The highest BCUT2D eigenvalue weighted by atomic mass is 16.5. The van der Waals surface area contributed by atoms with E-state index < -0.39 is 5.92 Å². The van der Waals surface area contributed by atoms with Crippen molar-refractivity contribution in [2.24, 2.45) is 5.73 Å². The molecule has 1 aliphatic rings. The fourth-order valence-electron chi connectivity index (χ4n) is 3.10. The molecule has 0 saturated carbocycles. The van der Waals surface area contributed by atoms with Gasteiger partial charge in [-0.1, -0.05) is 19.4 Å². The van der Waals surface area contributed by atoms with Crippen molar-refractivity contribution < 1.29 is 14.6 Å². The fourth-order valence-corrected chi connectivity index (χ4v) is 3.10. The Kier molecular flexibility index (Phi) is 4.52. The quantitative estimate of drug-likeness (QED) is 0.770. The van der Waals surface area contributed by atoms with E-state index in [9.17, 15) is 10.4 Å². The fraction of sp³-hybridized carbons (Fsp3) is 0.333. The summed E-state index contributed by atoms with van der Waals surface area (Å²) >= 11 is 0. The van der Waals surface area contributed by atoms with Crippen molar-refractivity contribution >= 4 is 0 Å². The van der Waals surface area contributed by atoms with Gasteiger partial charge in [0.1, 0.15) is 23.1 Å². The standard InChI is InChI=1S/C18H20N4O3/c1-3-5-13-16-15(11-7-6-10(23)8-14(11)24-4-2)12(9-19)17(20)25-18(16)22-21-13/h6-8,15,23H,3-5,20H2,1-2H3,(H,21,22)/t15-/m1/s1. The van der Waals surface area contributed by atoms with Crippen LogP contribution in [0.1, 0.15) is 43.0 Å². The lowest BCUT2D eigenvalue weighted by Gasteiger charge is -2.25. The van der Waals surface area contributed by atoms with Crippen LogP contribution in [-0.2, 0) is 6.42 Å². The van der Waals surface area contributed by atoms with E-state index in [-0.39, 0.29) is 11.6 Å². The highest BCUT2D eigenvalue weighted by Crippen LogP contribution is 2.46. The minimum absolute atomic E-state index is 0.0325. The number of H-pyrrole nitrogens is 1. The number of aromatic amines is 1. The van der Waals surface area contributed by atoms with Crippen molar-refractivity contribution in [1.82, 2.24) is 10.2 Å². The molecule has 4 N–H and O–H groups in total. The highest BCUT2D eigenvalue weighted by molar-refractivity contribution is 5.59. The number of hydrogen-bond acceptors (Lipinski definition) is 6. The topological polar surface area (TPSA) is 117 Å². The molecule has 0 fully saturated rings. The van der Waals surface area contributed by atoms with Crippen LogP contribution in [0.3, 0.4) is 0 Å². The van der Waals surface area contributed by atoms with Crippen LogP contribution in [0.4, 0.5) is 0 Å². The van der Waals surface area contributed by atoms with Crippen LogP contribution in [0.15, 0.2) is 29.7 Å². The Labute approximate surface area is 145 Å². The number of nitrogens with one attached hydrogen (secondary N) is 1. The predicted octanol–water partition coefficient (Wildman–Crippen LogP) is 2.68. The van der Waals surface area contributed by atoms with E-state index in [1.54, 1.807) is 18.2 Å². The van der Waals surface area contributed by atoms with Crippen LogP contribution < -0.4 is 15.2 Å². The normalized spacial score (nSPS) is 16.1. The Balaban J connectivity index is 2.23. The molecule has 0 aliphatic carbocycles. The van der Waals surface area contributed by atoms with Gasteiger partial charge in [-0.2, -0.15) is 5.26 Å². The molecule has 0 amide bonds. The molecule has 0 spiro atoms. The number of aromatic hydroxyl groups is 1. The van der Waals surface area contributed by atoms with E-state index in [2.05, 4.69) is 23.2 Å². The molecule has 1 aliphatic heterocycles. The second-order valence-corrected chi connectivity index (χ2v) is 5.75. The number of fused-ring (bicyclic) bond motifs is 1. The van der Waals surface area contributed by atoms with Gasteiger partial charge >= 0.3 is 0 Å². The third-order valence-corrected chi connectivity index (χ3v) is 4.13. The Morgan fingerprint density at radius 1 is 1.44 bits per heavy atom. The number of benzene rings is 1. The van der Waals surface area contributed by atoms with E-state index >= 15 is 0 Å². The molecule has 3 rings (SSSR count). The molecule has 0 unspecified atom stereocenters. The van der Waals surface area contributed by atoms with Crippen molar-refractivity contribution in [1.29, 1.82) is 5.26 Å². The molecule has 0 bridgehead atoms. The summed E-state index contributed by atoms with van der Waals surface area (Å²) in [7, 11) is 0. The summed E-state index contributed by atoms with van der Waals surface area (Å²) in [5, 5.41) is 26.7. The third-order valence-electron chi connectivity index (χ3n) is 4.13. The van der Waals surface area contributed by atoms with Gasteiger partial charge in [-0.3, -0.25) is 5.10 Å².